The zero-order valence-electron chi connectivity index (χ0n) is 14.5. The molecule has 7 nitrogen and oxygen atoms in total. The van der Waals surface area contributed by atoms with Crippen LogP contribution in [0, 0.1) is 0 Å². The van der Waals surface area contributed by atoms with E-state index < -0.39 is 0 Å². The predicted octanol–water partition coefficient (Wildman–Crippen LogP) is 6.79. The summed E-state index contributed by atoms with van der Waals surface area (Å²) < 4.78 is 0. The van der Waals surface area contributed by atoms with Crippen molar-refractivity contribution in [1.29, 1.82) is 0 Å². The molecule has 1 fully saturated rings. The second kappa shape index (κ2) is 8.54. The molecule has 0 amide bonds. The Hall–Kier alpha value is -3.79. The molecule has 0 radical (unpaired) electrons. The summed E-state index contributed by atoms with van der Waals surface area (Å²) in [5.41, 5.74) is 21.3. The van der Waals surface area contributed by atoms with Crippen LogP contribution in [0.1, 0.15) is 30.4 Å². The summed E-state index contributed by atoms with van der Waals surface area (Å²) in [5.74, 6) is 0.0551. The standard InChI is InChI=1S/C20H16N6O/c21-25-23-18-8-4-14(5-9-18)12-16-2-1-3-17(20(16)27)13-15-6-10-19(11-7-15)24-26-22/h4-13H,1-3H2/b16-12+,17-13?. The van der Waals surface area contributed by atoms with Crippen molar-refractivity contribution in [3.05, 3.63) is 91.7 Å². The summed E-state index contributed by atoms with van der Waals surface area (Å²) in [5, 5.41) is 7.09. The third-order valence-corrected chi connectivity index (χ3v) is 4.26. The fourth-order valence-corrected chi connectivity index (χ4v) is 2.96. The van der Waals surface area contributed by atoms with Gasteiger partial charge in [-0.25, -0.2) is 0 Å². The maximum absolute atomic E-state index is 12.8. The molecule has 7 heteroatoms. The smallest absolute Gasteiger partial charge is 0.185 e. The highest BCUT2D eigenvalue weighted by Crippen LogP contribution is 2.28. The van der Waals surface area contributed by atoms with E-state index in [0.717, 1.165) is 41.5 Å². The first-order valence-electron chi connectivity index (χ1n) is 8.46. The molecule has 0 aliphatic heterocycles. The molecular weight excluding hydrogens is 340 g/mol. The average Bonchev–Trinajstić information content (AvgIpc) is 2.68. The molecule has 27 heavy (non-hydrogen) atoms. The van der Waals surface area contributed by atoms with Crippen molar-refractivity contribution in [3.63, 3.8) is 0 Å². The molecule has 0 spiro atoms. The number of allylic oxidation sites excluding steroid dienone is 2. The van der Waals surface area contributed by atoms with E-state index in [0.29, 0.717) is 11.4 Å². The van der Waals surface area contributed by atoms with Gasteiger partial charge in [0.05, 0.1) is 0 Å². The SMILES string of the molecule is [N-]=[N+]=Nc1ccc(C=C2CCC/C(=C\c3ccc(N=[N+]=[N-])cc3)C2=O)cc1. The van der Waals surface area contributed by atoms with Crippen molar-refractivity contribution in [2.45, 2.75) is 19.3 Å². The second-order valence-corrected chi connectivity index (χ2v) is 6.08. The molecule has 0 unspecified atom stereocenters. The van der Waals surface area contributed by atoms with Crippen molar-refractivity contribution in [2.75, 3.05) is 0 Å². The van der Waals surface area contributed by atoms with Gasteiger partial charge in [-0.05, 0) is 53.6 Å². The van der Waals surface area contributed by atoms with Crippen LogP contribution in [0.15, 0.2) is 69.9 Å². The van der Waals surface area contributed by atoms with Crippen LogP contribution in [0.5, 0.6) is 0 Å². The van der Waals surface area contributed by atoms with Gasteiger partial charge in [-0.3, -0.25) is 4.79 Å². The van der Waals surface area contributed by atoms with Crippen molar-refractivity contribution >= 4 is 29.3 Å². The number of rotatable bonds is 4. The van der Waals surface area contributed by atoms with E-state index >= 15 is 0 Å². The van der Waals surface area contributed by atoms with Gasteiger partial charge in [0.2, 0.25) is 0 Å². The Morgan fingerprint density at radius 1 is 0.741 bits per heavy atom. The minimum atomic E-state index is 0.0551. The number of Topliss-reactive ketones (excluding diaryl/α,β-unsaturated/α-hetero) is 1. The summed E-state index contributed by atoms with van der Waals surface area (Å²) >= 11 is 0. The van der Waals surface area contributed by atoms with Gasteiger partial charge in [0.15, 0.2) is 5.78 Å². The molecule has 2 aromatic carbocycles. The quantitative estimate of drug-likeness (QED) is 0.255. The minimum Gasteiger partial charge on any atom is -0.289 e. The number of benzene rings is 2. The summed E-state index contributed by atoms with van der Waals surface area (Å²) in [7, 11) is 0. The Balaban J connectivity index is 1.82. The molecule has 0 bridgehead atoms. The number of azide groups is 2. The topological polar surface area (TPSA) is 115 Å². The number of ketones is 1. The van der Waals surface area contributed by atoms with Crippen LogP contribution in [0.4, 0.5) is 11.4 Å². The van der Waals surface area contributed by atoms with E-state index in [9.17, 15) is 4.79 Å². The van der Waals surface area contributed by atoms with E-state index in [1.807, 2.05) is 36.4 Å². The highest BCUT2D eigenvalue weighted by atomic mass is 16.1. The van der Waals surface area contributed by atoms with Gasteiger partial charge in [0, 0.05) is 32.3 Å². The molecular formula is C20H16N6O. The van der Waals surface area contributed by atoms with Gasteiger partial charge in [-0.15, -0.1) is 0 Å². The van der Waals surface area contributed by atoms with Crippen LogP contribution in [0.3, 0.4) is 0 Å². The molecule has 132 valence electrons. The Morgan fingerprint density at radius 2 is 1.15 bits per heavy atom. The number of carbonyl (C=O) groups excluding carboxylic acids is 1. The first-order valence-corrected chi connectivity index (χ1v) is 8.46. The van der Waals surface area contributed by atoms with Gasteiger partial charge in [0.1, 0.15) is 0 Å². The Labute approximate surface area is 155 Å². The fraction of sp³-hybridized carbons (Fsp3) is 0.150. The lowest BCUT2D eigenvalue weighted by atomic mass is 9.87. The van der Waals surface area contributed by atoms with E-state index in [1.165, 1.54) is 0 Å². The van der Waals surface area contributed by atoms with E-state index in [2.05, 4.69) is 20.1 Å². The molecule has 3 rings (SSSR count). The zero-order valence-corrected chi connectivity index (χ0v) is 14.5. The van der Waals surface area contributed by atoms with Crippen LogP contribution in [0.2, 0.25) is 0 Å². The summed E-state index contributed by atoms with van der Waals surface area (Å²) in [4.78, 5) is 18.3. The lowest BCUT2D eigenvalue weighted by Crippen LogP contribution is -2.12. The number of hydrogen-bond acceptors (Lipinski definition) is 3. The molecule has 1 aliphatic rings. The summed E-state index contributed by atoms with van der Waals surface area (Å²) in [6, 6.07) is 14.2. The molecule has 0 saturated heterocycles. The lowest BCUT2D eigenvalue weighted by Gasteiger charge is -2.16. The van der Waals surface area contributed by atoms with Crippen LogP contribution < -0.4 is 0 Å². The summed E-state index contributed by atoms with van der Waals surface area (Å²) in [6.45, 7) is 0. The van der Waals surface area contributed by atoms with Gasteiger partial charge < -0.3 is 0 Å². The molecule has 0 atom stereocenters. The molecule has 0 aromatic heterocycles. The average molecular weight is 356 g/mol. The van der Waals surface area contributed by atoms with Crippen molar-refractivity contribution in [2.24, 2.45) is 10.2 Å². The van der Waals surface area contributed by atoms with E-state index in [1.54, 1.807) is 24.3 Å². The van der Waals surface area contributed by atoms with Crippen molar-refractivity contribution in [3.8, 4) is 0 Å². The third kappa shape index (κ3) is 4.64. The van der Waals surface area contributed by atoms with E-state index in [-0.39, 0.29) is 5.78 Å². The molecule has 2 aromatic rings. The Morgan fingerprint density at radius 3 is 1.52 bits per heavy atom. The third-order valence-electron chi connectivity index (χ3n) is 4.26. The monoisotopic (exact) mass is 356 g/mol. The Kier molecular flexibility index (Phi) is 5.70. The van der Waals surface area contributed by atoms with E-state index in [4.69, 9.17) is 11.1 Å². The highest BCUT2D eigenvalue weighted by molar-refractivity contribution is 6.13. The minimum absolute atomic E-state index is 0.0551. The maximum atomic E-state index is 12.8. The lowest BCUT2D eigenvalue weighted by molar-refractivity contribution is -0.112. The van der Waals surface area contributed by atoms with Crippen LogP contribution in [0.25, 0.3) is 33.0 Å². The van der Waals surface area contributed by atoms with Gasteiger partial charge >= 0.3 is 0 Å². The molecule has 0 heterocycles. The first-order chi connectivity index (χ1) is 13.2. The number of nitrogens with zero attached hydrogens (tertiary/aromatic N) is 6. The van der Waals surface area contributed by atoms with Crippen LogP contribution in [-0.4, -0.2) is 5.78 Å². The van der Waals surface area contributed by atoms with Gasteiger partial charge in [-0.2, -0.15) is 0 Å². The van der Waals surface area contributed by atoms with Crippen LogP contribution >= 0.6 is 0 Å². The van der Waals surface area contributed by atoms with Gasteiger partial charge in [-0.1, -0.05) is 58.8 Å². The number of carbonyl (C=O) groups is 1. The summed E-state index contributed by atoms with van der Waals surface area (Å²) in [6.07, 6.45) is 6.17. The second-order valence-electron chi connectivity index (χ2n) is 6.08. The zero-order chi connectivity index (χ0) is 19.1. The highest BCUT2D eigenvalue weighted by Gasteiger charge is 2.20. The molecule has 1 aliphatic carbocycles. The Bertz CT molecular complexity index is 924. The molecule has 1 saturated carbocycles. The van der Waals surface area contributed by atoms with Crippen molar-refractivity contribution < 1.29 is 4.79 Å². The maximum Gasteiger partial charge on any atom is 0.185 e. The fourth-order valence-electron chi connectivity index (χ4n) is 2.96. The van der Waals surface area contributed by atoms with Crippen molar-refractivity contribution in [1.82, 2.24) is 0 Å². The van der Waals surface area contributed by atoms with Crippen LogP contribution in [-0.2, 0) is 4.79 Å². The van der Waals surface area contributed by atoms with Gasteiger partial charge in [0.25, 0.3) is 0 Å². The normalized spacial score (nSPS) is 16.7. The number of hydrogen-bond donors (Lipinski definition) is 0. The predicted molar refractivity (Wildman–Crippen MR) is 105 cm³/mol. The molecule has 0 N–H and O–H groups in total. The largest absolute Gasteiger partial charge is 0.289 e. The first kappa shape index (κ1) is 18.0.